The maximum Gasteiger partial charge on any atom is 0.132 e. The number of hydrogen-bond donors (Lipinski definition) is 1. The summed E-state index contributed by atoms with van der Waals surface area (Å²) in [5.41, 5.74) is 0.435. The van der Waals surface area contributed by atoms with Gasteiger partial charge in [0.2, 0.25) is 0 Å². The van der Waals surface area contributed by atoms with Crippen molar-refractivity contribution < 1.29 is 4.74 Å². The van der Waals surface area contributed by atoms with Crippen LogP contribution in [0, 0.1) is 17.2 Å². The van der Waals surface area contributed by atoms with E-state index in [9.17, 15) is 5.26 Å². The van der Waals surface area contributed by atoms with Crippen LogP contribution in [0.5, 0.6) is 0 Å². The highest BCUT2D eigenvalue weighted by atomic mass is 79.9. The van der Waals surface area contributed by atoms with Gasteiger partial charge in [-0.2, -0.15) is 5.26 Å². The topological polar surface area (TPSA) is 45.0 Å². The Morgan fingerprint density at radius 3 is 2.94 bits per heavy atom. The quantitative estimate of drug-likeness (QED) is 0.911. The van der Waals surface area contributed by atoms with Gasteiger partial charge in [0, 0.05) is 29.1 Å². The molecule has 90 valence electrons. The van der Waals surface area contributed by atoms with Crippen molar-refractivity contribution in [3.8, 4) is 6.07 Å². The number of nitrogens with zero attached hydrogens (tertiary/aromatic N) is 1. The fraction of sp³-hybridized carbons (Fsp3) is 0.462. The summed E-state index contributed by atoms with van der Waals surface area (Å²) >= 11 is 3.49. The normalized spacial score (nSPS) is 28.4. The fourth-order valence-electron chi connectivity index (χ4n) is 2.06. The summed E-state index contributed by atoms with van der Waals surface area (Å²) in [6.07, 6.45) is 0.714. The monoisotopic (exact) mass is 294 g/mol. The van der Waals surface area contributed by atoms with Crippen LogP contribution in [0.1, 0.15) is 13.3 Å². The summed E-state index contributed by atoms with van der Waals surface area (Å²) in [5.74, 6) is 0.174. The van der Waals surface area contributed by atoms with E-state index in [0.29, 0.717) is 19.6 Å². The van der Waals surface area contributed by atoms with E-state index in [4.69, 9.17) is 4.74 Å². The third kappa shape index (κ3) is 2.46. The Kier molecular flexibility index (Phi) is 3.70. The van der Waals surface area contributed by atoms with E-state index in [0.717, 1.165) is 10.2 Å². The lowest BCUT2D eigenvalue weighted by Crippen LogP contribution is -2.49. The maximum absolute atomic E-state index is 9.48. The lowest BCUT2D eigenvalue weighted by atomic mass is 9.82. The Balaban J connectivity index is 2.26. The molecule has 1 N–H and O–H groups in total. The van der Waals surface area contributed by atoms with Gasteiger partial charge in [-0.25, -0.2) is 0 Å². The third-order valence-electron chi connectivity index (χ3n) is 3.28. The fourth-order valence-corrected chi connectivity index (χ4v) is 2.45. The van der Waals surface area contributed by atoms with Gasteiger partial charge in [-0.05, 0) is 28.1 Å². The van der Waals surface area contributed by atoms with Crippen molar-refractivity contribution in [3.05, 3.63) is 28.7 Å². The first kappa shape index (κ1) is 12.4. The Hall–Kier alpha value is -1.05. The average Bonchev–Trinajstić information content (AvgIpc) is 2.35. The number of nitrogens with one attached hydrogen (secondary N) is 1. The summed E-state index contributed by atoms with van der Waals surface area (Å²) in [6.45, 7) is 3.31. The molecule has 2 rings (SSSR count). The van der Waals surface area contributed by atoms with Crippen molar-refractivity contribution in [2.75, 3.05) is 18.5 Å². The predicted molar refractivity (Wildman–Crippen MR) is 70.7 cm³/mol. The maximum atomic E-state index is 9.48. The zero-order valence-electron chi connectivity index (χ0n) is 9.74. The Labute approximate surface area is 110 Å². The van der Waals surface area contributed by atoms with Gasteiger partial charge in [0.15, 0.2) is 0 Å². The van der Waals surface area contributed by atoms with E-state index in [1.54, 1.807) is 0 Å². The van der Waals surface area contributed by atoms with Gasteiger partial charge in [-0.15, -0.1) is 0 Å². The minimum Gasteiger partial charge on any atom is -0.381 e. The zero-order valence-corrected chi connectivity index (χ0v) is 11.3. The SMILES string of the molecule is CC1COCCC1(C#N)Nc1ccccc1Br. The molecule has 0 bridgehead atoms. The van der Waals surface area contributed by atoms with Crippen molar-refractivity contribution in [2.45, 2.75) is 18.9 Å². The molecule has 2 unspecified atom stereocenters. The van der Waals surface area contributed by atoms with Crippen LogP contribution in [0.3, 0.4) is 0 Å². The van der Waals surface area contributed by atoms with E-state index in [2.05, 4.69) is 27.3 Å². The molecule has 0 aliphatic carbocycles. The molecule has 0 aromatic heterocycles. The van der Waals surface area contributed by atoms with Crippen LogP contribution in [0.2, 0.25) is 0 Å². The number of rotatable bonds is 2. The standard InChI is InChI=1S/C13H15BrN2O/c1-10-8-17-7-6-13(10,9-15)16-12-5-3-2-4-11(12)14/h2-5,10,16H,6-8H2,1H3. The van der Waals surface area contributed by atoms with Gasteiger partial charge in [-0.1, -0.05) is 19.1 Å². The number of halogens is 1. The molecule has 0 saturated carbocycles. The third-order valence-corrected chi connectivity index (χ3v) is 3.97. The number of hydrogen-bond acceptors (Lipinski definition) is 3. The lowest BCUT2D eigenvalue weighted by Gasteiger charge is -2.38. The molecule has 17 heavy (non-hydrogen) atoms. The zero-order chi connectivity index (χ0) is 12.3. The highest BCUT2D eigenvalue weighted by Crippen LogP contribution is 2.32. The Morgan fingerprint density at radius 1 is 1.53 bits per heavy atom. The van der Waals surface area contributed by atoms with Gasteiger partial charge in [-0.3, -0.25) is 0 Å². The summed E-state index contributed by atoms with van der Waals surface area (Å²) in [4.78, 5) is 0. The molecule has 0 spiro atoms. The van der Waals surface area contributed by atoms with E-state index < -0.39 is 5.54 Å². The Bertz CT molecular complexity index is 443. The van der Waals surface area contributed by atoms with Crippen LogP contribution in [-0.4, -0.2) is 18.8 Å². The first-order valence-electron chi connectivity index (χ1n) is 5.70. The Morgan fingerprint density at radius 2 is 2.29 bits per heavy atom. The second-order valence-corrected chi connectivity index (χ2v) is 5.27. The summed E-state index contributed by atoms with van der Waals surface area (Å²) in [6, 6.07) is 10.3. The molecule has 2 atom stereocenters. The van der Waals surface area contributed by atoms with E-state index >= 15 is 0 Å². The lowest BCUT2D eigenvalue weighted by molar-refractivity contribution is 0.0351. The summed E-state index contributed by atoms with van der Waals surface area (Å²) < 4.78 is 6.38. The molecule has 0 amide bonds. The number of benzene rings is 1. The van der Waals surface area contributed by atoms with E-state index in [1.807, 2.05) is 31.2 Å². The van der Waals surface area contributed by atoms with Gasteiger partial charge in [0.25, 0.3) is 0 Å². The van der Waals surface area contributed by atoms with Gasteiger partial charge >= 0.3 is 0 Å². The smallest absolute Gasteiger partial charge is 0.132 e. The molecule has 1 heterocycles. The van der Waals surface area contributed by atoms with Crippen LogP contribution >= 0.6 is 15.9 Å². The molecule has 0 radical (unpaired) electrons. The second-order valence-electron chi connectivity index (χ2n) is 4.41. The number of ether oxygens (including phenoxy) is 1. The van der Waals surface area contributed by atoms with Crippen molar-refractivity contribution in [2.24, 2.45) is 5.92 Å². The molecule has 1 aromatic carbocycles. The first-order chi connectivity index (χ1) is 8.18. The van der Waals surface area contributed by atoms with E-state index in [1.165, 1.54) is 0 Å². The number of para-hydroxylation sites is 1. The molecular weight excluding hydrogens is 280 g/mol. The van der Waals surface area contributed by atoms with Gasteiger partial charge < -0.3 is 10.1 Å². The summed E-state index contributed by atoms with van der Waals surface area (Å²) in [5, 5.41) is 12.9. The molecule has 3 nitrogen and oxygen atoms in total. The molecule has 1 aliphatic rings. The van der Waals surface area contributed by atoms with Crippen molar-refractivity contribution in [1.29, 1.82) is 5.26 Å². The van der Waals surface area contributed by atoms with Crippen LogP contribution in [0.4, 0.5) is 5.69 Å². The van der Waals surface area contributed by atoms with Crippen molar-refractivity contribution >= 4 is 21.6 Å². The number of anilines is 1. The minimum absolute atomic E-state index is 0.174. The number of nitriles is 1. The van der Waals surface area contributed by atoms with Crippen molar-refractivity contribution in [1.82, 2.24) is 0 Å². The molecule has 1 aliphatic heterocycles. The molecule has 1 aromatic rings. The van der Waals surface area contributed by atoms with Crippen LogP contribution in [0.25, 0.3) is 0 Å². The highest BCUT2D eigenvalue weighted by molar-refractivity contribution is 9.10. The van der Waals surface area contributed by atoms with Crippen LogP contribution in [-0.2, 0) is 4.74 Å². The predicted octanol–water partition coefficient (Wildman–Crippen LogP) is 3.18. The first-order valence-corrected chi connectivity index (χ1v) is 6.49. The average molecular weight is 295 g/mol. The van der Waals surface area contributed by atoms with E-state index in [-0.39, 0.29) is 5.92 Å². The van der Waals surface area contributed by atoms with Crippen LogP contribution in [0.15, 0.2) is 28.7 Å². The van der Waals surface area contributed by atoms with Gasteiger partial charge in [0.05, 0.1) is 12.7 Å². The molecule has 4 heteroatoms. The highest BCUT2D eigenvalue weighted by Gasteiger charge is 2.39. The van der Waals surface area contributed by atoms with Gasteiger partial charge in [0.1, 0.15) is 5.54 Å². The molecule has 1 saturated heterocycles. The van der Waals surface area contributed by atoms with Crippen LogP contribution < -0.4 is 5.32 Å². The molecular formula is C13H15BrN2O. The second kappa shape index (κ2) is 5.07. The minimum atomic E-state index is -0.526. The largest absolute Gasteiger partial charge is 0.381 e. The molecule has 1 fully saturated rings. The summed E-state index contributed by atoms with van der Waals surface area (Å²) in [7, 11) is 0. The van der Waals surface area contributed by atoms with Crippen molar-refractivity contribution in [3.63, 3.8) is 0 Å².